The molecule has 0 saturated heterocycles. The van der Waals surface area contributed by atoms with Crippen LogP contribution in [0.15, 0.2) is 42.5 Å². The molecule has 0 fully saturated rings. The number of nitrogens with one attached hydrogen (secondary N) is 1. The van der Waals surface area contributed by atoms with Crippen molar-refractivity contribution in [3.8, 4) is 17.6 Å². The Hall–Kier alpha value is -2.38. The van der Waals surface area contributed by atoms with Crippen LogP contribution in [0.3, 0.4) is 0 Å². The molecule has 2 aromatic rings. The Kier molecular flexibility index (Phi) is 4.91. The summed E-state index contributed by atoms with van der Waals surface area (Å²) in [5, 5.41) is 12.3. The van der Waals surface area contributed by atoms with Crippen molar-refractivity contribution >= 4 is 0 Å². The molecule has 3 nitrogen and oxygen atoms in total. The van der Waals surface area contributed by atoms with Gasteiger partial charge < -0.3 is 10.1 Å². The van der Waals surface area contributed by atoms with Gasteiger partial charge in [0, 0.05) is 11.6 Å². The topological polar surface area (TPSA) is 45.0 Å². The zero-order chi connectivity index (χ0) is 15.2. The van der Waals surface area contributed by atoms with E-state index in [1.165, 1.54) is 12.1 Å². The molecular weight excluding hydrogens is 267 g/mol. The van der Waals surface area contributed by atoms with Crippen molar-refractivity contribution in [2.45, 2.75) is 19.9 Å². The highest BCUT2D eigenvalue weighted by atomic mass is 19.1. The van der Waals surface area contributed by atoms with Crippen LogP contribution < -0.4 is 10.1 Å². The van der Waals surface area contributed by atoms with E-state index in [2.05, 4.69) is 11.4 Å². The van der Waals surface area contributed by atoms with E-state index in [0.717, 1.165) is 12.1 Å². The van der Waals surface area contributed by atoms with Crippen molar-refractivity contribution in [2.75, 3.05) is 6.54 Å². The van der Waals surface area contributed by atoms with Crippen molar-refractivity contribution in [1.82, 2.24) is 5.32 Å². The summed E-state index contributed by atoms with van der Waals surface area (Å²) >= 11 is 0. The first kappa shape index (κ1) is 15.0. The van der Waals surface area contributed by atoms with E-state index in [0.29, 0.717) is 17.1 Å². The molecule has 0 spiro atoms. The number of benzene rings is 2. The molecule has 0 amide bonds. The Morgan fingerprint density at radius 3 is 2.71 bits per heavy atom. The van der Waals surface area contributed by atoms with Crippen LogP contribution in [0.2, 0.25) is 0 Å². The van der Waals surface area contributed by atoms with Crippen molar-refractivity contribution in [2.24, 2.45) is 0 Å². The Morgan fingerprint density at radius 2 is 2.00 bits per heavy atom. The summed E-state index contributed by atoms with van der Waals surface area (Å²) < 4.78 is 19.3. The molecule has 1 N–H and O–H groups in total. The van der Waals surface area contributed by atoms with Crippen molar-refractivity contribution in [1.29, 1.82) is 5.26 Å². The minimum atomic E-state index is -0.310. The van der Waals surface area contributed by atoms with Crippen LogP contribution in [0.4, 0.5) is 4.39 Å². The quantitative estimate of drug-likeness (QED) is 0.896. The molecular formula is C17H17FN2O. The second-order valence-corrected chi connectivity index (χ2v) is 4.67. The minimum absolute atomic E-state index is 0.0463. The Morgan fingerprint density at radius 1 is 1.24 bits per heavy atom. The molecule has 0 aromatic heterocycles. The molecule has 4 heteroatoms. The molecule has 0 aliphatic heterocycles. The first-order valence-electron chi connectivity index (χ1n) is 6.85. The van der Waals surface area contributed by atoms with E-state index in [9.17, 15) is 4.39 Å². The third-order valence-corrected chi connectivity index (χ3v) is 3.18. The molecule has 0 aliphatic rings. The van der Waals surface area contributed by atoms with Gasteiger partial charge >= 0.3 is 0 Å². The maximum absolute atomic E-state index is 13.5. The van der Waals surface area contributed by atoms with E-state index >= 15 is 0 Å². The van der Waals surface area contributed by atoms with Crippen LogP contribution in [-0.2, 0) is 0 Å². The lowest BCUT2D eigenvalue weighted by Crippen LogP contribution is -2.18. The standard InChI is InChI=1S/C17H17FN2O/c1-3-20-12(2)15-10-14(18)8-9-17(15)21-16-7-5-4-6-13(16)11-19/h4-10,12,20H,3H2,1-2H3. The molecule has 0 saturated carbocycles. The monoisotopic (exact) mass is 284 g/mol. The van der Waals surface area contributed by atoms with Gasteiger partial charge in [0.05, 0.1) is 5.56 Å². The molecule has 2 rings (SSSR count). The Bertz CT molecular complexity index is 664. The van der Waals surface area contributed by atoms with Gasteiger partial charge in [-0.3, -0.25) is 0 Å². The average Bonchev–Trinajstić information content (AvgIpc) is 2.49. The van der Waals surface area contributed by atoms with Crippen LogP contribution in [0, 0.1) is 17.1 Å². The van der Waals surface area contributed by atoms with Gasteiger partial charge in [-0.05, 0) is 43.8 Å². The lowest BCUT2D eigenvalue weighted by molar-refractivity contribution is 0.458. The van der Waals surface area contributed by atoms with Gasteiger partial charge in [0.1, 0.15) is 23.4 Å². The molecule has 0 heterocycles. The summed E-state index contributed by atoms with van der Waals surface area (Å²) in [5.41, 5.74) is 1.17. The summed E-state index contributed by atoms with van der Waals surface area (Å²) in [7, 11) is 0. The second-order valence-electron chi connectivity index (χ2n) is 4.67. The van der Waals surface area contributed by atoms with Crippen molar-refractivity contribution < 1.29 is 9.13 Å². The predicted molar refractivity (Wildman–Crippen MR) is 79.7 cm³/mol. The molecule has 2 aromatic carbocycles. The highest BCUT2D eigenvalue weighted by molar-refractivity contribution is 5.47. The summed E-state index contributed by atoms with van der Waals surface area (Å²) in [6, 6.07) is 13.4. The maximum Gasteiger partial charge on any atom is 0.145 e. The molecule has 0 aliphatic carbocycles. The van der Waals surface area contributed by atoms with Crippen LogP contribution in [-0.4, -0.2) is 6.54 Å². The van der Waals surface area contributed by atoms with Crippen molar-refractivity contribution in [3.63, 3.8) is 0 Å². The van der Waals surface area contributed by atoms with Crippen LogP contribution in [0.25, 0.3) is 0 Å². The van der Waals surface area contributed by atoms with E-state index in [1.807, 2.05) is 13.8 Å². The number of ether oxygens (including phenoxy) is 1. The van der Waals surface area contributed by atoms with Gasteiger partial charge in [0.25, 0.3) is 0 Å². The van der Waals surface area contributed by atoms with Crippen LogP contribution in [0.5, 0.6) is 11.5 Å². The lowest BCUT2D eigenvalue weighted by atomic mass is 10.1. The number of halogens is 1. The molecule has 21 heavy (non-hydrogen) atoms. The summed E-state index contributed by atoms with van der Waals surface area (Å²) in [6.45, 7) is 4.70. The molecule has 1 atom stereocenters. The van der Waals surface area contributed by atoms with Gasteiger partial charge in [0.2, 0.25) is 0 Å². The third kappa shape index (κ3) is 3.59. The highest BCUT2D eigenvalue weighted by Gasteiger charge is 2.14. The van der Waals surface area contributed by atoms with E-state index in [-0.39, 0.29) is 11.9 Å². The fourth-order valence-electron chi connectivity index (χ4n) is 2.13. The van der Waals surface area contributed by atoms with E-state index < -0.39 is 0 Å². The summed E-state index contributed by atoms with van der Waals surface area (Å²) in [6.07, 6.45) is 0. The fraction of sp³-hybridized carbons (Fsp3) is 0.235. The highest BCUT2D eigenvalue weighted by Crippen LogP contribution is 2.31. The number of para-hydroxylation sites is 1. The zero-order valence-electron chi connectivity index (χ0n) is 12.1. The van der Waals surface area contributed by atoms with Gasteiger partial charge in [-0.25, -0.2) is 4.39 Å². The number of nitrogens with zero attached hydrogens (tertiary/aromatic N) is 1. The Balaban J connectivity index is 2.38. The third-order valence-electron chi connectivity index (χ3n) is 3.18. The van der Waals surface area contributed by atoms with E-state index in [4.69, 9.17) is 10.00 Å². The maximum atomic E-state index is 13.5. The normalized spacial score (nSPS) is 11.7. The van der Waals surface area contributed by atoms with Crippen molar-refractivity contribution in [3.05, 3.63) is 59.4 Å². The first-order chi connectivity index (χ1) is 10.2. The summed E-state index contributed by atoms with van der Waals surface area (Å²) in [5.74, 6) is 0.708. The molecule has 108 valence electrons. The largest absolute Gasteiger partial charge is 0.456 e. The Labute approximate surface area is 124 Å². The number of hydrogen-bond donors (Lipinski definition) is 1. The fourth-order valence-corrected chi connectivity index (χ4v) is 2.13. The predicted octanol–water partition coefficient (Wildman–Crippen LogP) is 4.16. The van der Waals surface area contributed by atoms with Crippen LogP contribution in [0.1, 0.15) is 31.0 Å². The average molecular weight is 284 g/mol. The first-order valence-corrected chi connectivity index (χ1v) is 6.85. The number of rotatable bonds is 5. The lowest BCUT2D eigenvalue weighted by Gasteiger charge is -2.18. The minimum Gasteiger partial charge on any atom is -0.456 e. The smallest absolute Gasteiger partial charge is 0.145 e. The number of hydrogen-bond acceptors (Lipinski definition) is 3. The second kappa shape index (κ2) is 6.87. The SMILES string of the molecule is CCNC(C)c1cc(F)ccc1Oc1ccccc1C#N. The molecule has 0 radical (unpaired) electrons. The molecule has 1 unspecified atom stereocenters. The summed E-state index contributed by atoms with van der Waals surface area (Å²) in [4.78, 5) is 0. The zero-order valence-corrected chi connectivity index (χ0v) is 12.1. The number of nitriles is 1. The van der Waals surface area contributed by atoms with Gasteiger partial charge in [0.15, 0.2) is 0 Å². The van der Waals surface area contributed by atoms with E-state index in [1.54, 1.807) is 30.3 Å². The molecule has 0 bridgehead atoms. The van der Waals surface area contributed by atoms with Gasteiger partial charge in [-0.2, -0.15) is 5.26 Å². The van der Waals surface area contributed by atoms with Gasteiger partial charge in [-0.15, -0.1) is 0 Å². The van der Waals surface area contributed by atoms with Crippen LogP contribution >= 0.6 is 0 Å². The van der Waals surface area contributed by atoms with Gasteiger partial charge in [-0.1, -0.05) is 19.1 Å².